The summed E-state index contributed by atoms with van der Waals surface area (Å²) >= 11 is 2.82. The standard InChI is InChI=1S/C22H24N4O4S3/c1-13(2)31-22-25-24-21(32-22)23-20(27)19-12-26(17-10-7-15(4)11-18(17)30-19)33(28,29)16-8-5-14(3)6-9-16/h5-11,13,19H,12H2,1-4H3,(H,23,24,27)/t19-/m1/s1. The van der Waals surface area contributed by atoms with Gasteiger partial charge >= 0.3 is 0 Å². The minimum absolute atomic E-state index is 0.153. The Kier molecular flexibility index (Phi) is 6.64. The third-order valence-corrected chi connectivity index (χ3v) is 8.58. The molecule has 33 heavy (non-hydrogen) atoms. The Morgan fingerprint density at radius 2 is 1.85 bits per heavy atom. The van der Waals surface area contributed by atoms with E-state index in [0.29, 0.717) is 21.8 Å². The first-order valence-corrected chi connectivity index (χ1v) is 13.4. The summed E-state index contributed by atoms with van der Waals surface area (Å²) in [5.41, 5.74) is 2.25. The van der Waals surface area contributed by atoms with Gasteiger partial charge in [0.05, 0.1) is 17.1 Å². The van der Waals surface area contributed by atoms with Gasteiger partial charge in [-0.05, 0) is 43.7 Å². The van der Waals surface area contributed by atoms with Crippen LogP contribution in [0.4, 0.5) is 10.8 Å². The molecule has 0 saturated carbocycles. The summed E-state index contributed by atoms with van der Waals surface area (Å²) in [4.78, 5) is 13.2. The van der Waals surface area contributed by atoms with Crippen LogP contribution in [-0.4, -0.2) is 42.4 Å². The van der Waals surface area contributed by atoms with Crippen LogP contribution in [0.25, 0.3) is 0 Å². The molecule has 11 heteroatoms. The number of benzene rings is 2. The molecule has 2 aromatic carbocycles. The monoisotopic (exact) mass is 504 g/mol. The molecule has 0 unspecified atom stereocenters. The zero-order valence-corrected chi connectivity index (χ0v) is 21.1. The van der Waals surface area contributed by atoms with Gasteiger partial charge in [-0.3, -0.25) is 14.4 Å². The van der Waals surface area contributed by atoms with Crippen molar-refractivity contribution in [3.8, 4) is 5.75 Å². The van der Waals surface area contributed by atoms with Gasteiger partial charge in [0.25, 0.3) is 15.9 Å². The Hall–Kier alpha value is -2.63. The SMILES string of the molecule is Cc1ccc(S(=O)(=O)N2C[C@H](C(=O)Nc3nnc(SC(C)C)s3)Oc3cc(C)ccc32)cc1. The minimum Gasteiger partial charge on any atom is -0.476 e. The second-order valence-electron chi connectivity index (χ2n) is 7.96. The van der Waals surface area contributed by atoms with Gasteiger partial charge in [0, 0.05) is 5.25 Å². The highest BCUT2D eigenvalue weighted by Gasteiger charge is 2.38. The van der Waals surface area contributed by atoms with Crippen molar-refractivity contribution in [1.29, 1.82) is 0 Å². The fourth-order valence-electron chi connectivity index (χ4n) is 3.26. The van der Waals surface area contributed by atoms with Crippen LogP contribution in [0.3, 0.4) is 0 Å². The molecule has 1 atom stereocenters. The first kappa shape index (κ1) is 23.5. The highest BCUT2D eigenvalue weighted by molar-refractivity contribution is 8.01. The van der Waals surface area contributed by atoms with Crippen molar-refractivity contribution < 1.29 is 17.9 Å². The number of ether oxygens (including phenoxy) is 1. The van der Waals surface area contributed by atoms with Crippen molar-refractivity contribution in [2.75, 3.05) is 16.2 Å². The normalized spacial score (nSPS) is 15.8. The summed E-state index contributed by atoms with van der Waals surface area (Å²) < 4.78 is 34.9. The van der Waals surface area contributed by atoms with Crippen molar-refractivity contribution in [2.45, 2.75) is 48.3 Å². The van der Waals surface area contributed by atoms with Crippen LogP contribution >= 0.6 is 23.1 Å². The third kappa shape index (κ3) is 5.15. The van der Waals surface area contributed by atoms with Crippen molar-refractivity contribution in [2.24, 2.45) is 0 Å². The van der Waals surface area contributed by atoms with Crippen molar-refractivity contribution in [1.82, 2.24) is 10.2 Å². The number of hydrogen-bond donors (Lipinski definition) is 1. The second kappa shape index (κ2) is 9.32. The first-order valence-electron chi connectivity index (χ1n) is 10.3. The molecule has 1 aromatic heterocycles. The van der Waals surface area contributed by atoms with E-state index in [1.54, 1.807) is 48.2 Å². The number of nitrogens with zero attached hydrogens (tertiary/aromatic N) is 3. The molecule has 4 rings (SSSR count). The predicted molar refractivity (Wildman–Crippen MR) is 131 cm³/mol. The van der Waals surface area contributed by atoms with Gasteiger partial charge in [-0.25, -0.2) is 8.42 Å². The Bertz CT molecular complexity index is 1270. The Labute approximate surface area is 201 Å². The first-order chi connectivity index (χ1) is 15.6. The number of sulfonamides is 1. The fraction of sp³-hybridized carbons (Fsp3) is 0.318. The van der Waals surface area contributed by atoms with Gasteiger partial charge in [0.1, 0.15) is 5.75 Å². The molecule has 0 saturated heterocycles. The number of fused-ring (bicyclic) bond motifs is 1. The maximum Gasteiger partial charge on any atom is 0.269 e. The molecule has 1 aliphatic rings. The quantitative estimate of drug-likeness (QED) is 0.395. The van der Waals surface area contributed by atoms with Gasteiger partial charge < -0.3 is 4.74 Å². The molecular formula is C22H24N4O4S3. The lowest BCUT2D eigenvalue weighted by atomic mass is 10.1. The number of carbonyl (C=O) groups excluding carboxylic acids is 1. The summed E-state index contributed by atoms with van der Waals surface area (Å²) in [6, 6.07) is 11.9. The topological polar surface area (TPSA) is 101 Å². The Morgan fingerprint density at radius 1 is 1.15 bits per heavy atom. The molecule has 174 valence electrons. The van der Waals surface area contributed by atoms with Gasteiger partial charge in [-0.15, -0.1) is 10.2 Å². The molecule has 1 N–H and O–H groups in total. The number of hydrogen-bond acceptors (Lipinski definition) is 8. The average Bonchev–Trinajstić information content (AvgIpc) is 3.18. The number of carbonyl (C=O) groups is 1. The Morgan fingerprint density at radius 3 is 2.55 bits per heavy atom. The van der Waals surface area contributed by atoms with E-state index < -0.39 is 22.0 Å². The van der Waals surface area contributed by atoms with Gasteiger partial charge in [0.15, 0.2) is 10.4 Å². The van der Waals surface area contributed by atoms with E-state index in [4.69, 9.17) is 4.74 Å². The molecule has 0 fully saturated rings. The summed E-state index contributed by atoms with van der Waals surface area (Å²) in [5, 5.41) is 11.5. The van der Waals surface area contributed by atoms with E-state index in [9.17, 15) is 13.2 Å². The van der Waals surface area contributed by atoms with Crippen LogP contribution in [0.1, 0.15) is 25.0 Å². The molecule has 1 amide bonds. The second-order valence-corrected chi connectivity index (χ2v) is 12.6. The summed E-state index contributed by atoms with van der Waals surface area (Å²) in [6.45, 7) is 7.69. The van der Waals surface area contributed by atoms with E-state index in [1.807, 2.05) is 33.8 Å². The van der Waals surface area contributed by atoms with E-state index in [1.165, 1.54) is 15.6 Å². The lowest BCUT2D eigenvalue weighted by Crippen LogP contribution is -2.48. The number of anilines is 2. The minimum atomic E-state index is -3.91. The molecule has 3 aromatic rings. The molecule has 2 heterocycles. The lowest BCUT2D eigenvalue weighted by Gasteiger charge is -2.34. The number of rotatable bonds is 6. The van der Waals surface area contributed by atoms with Crippen LogP contribution in [0.15, 0.2) is 51.7 Å². The summed E-state index contributed by atoms with van der Waals surface area (Å²) in [7, 11) is -3.91. The van der Waals surface area contributed by atoms with Gasteiger partial charge in [-0.2, -0.15) is 0 Å². The number of aryl methyl sites for hydroxylation is 2. The molecule has 8 nitrogen and oxygen atoms in total. The van der Waals surface area contributed by atoms with Crippen molar-refractivity contribution >= 4 is 49.8 Å². The summed E-state index contributed by atoms with van der Waals surface area (Å²) in [5.74, 6) is -0.145. The maximum absolute atomic E-state index is 13.5. The van der Waals surface area contributed by atoms with Crippen LogP contribution in [0.2, 0.25) is 0 Å². The van der Waals surface area contributed by atoms with Gasteiger partial charge in [-0.1, -0.05) is 60.7 Å². The van der Waals surface area contributed by atoms with E-state index in [2.05, 4.69) is 15.5 Å². The largest absolute Gasteiger partial charge is 0.476 e. The van der Waals surface area contributed by atoms with Crippen molar-refractivity contribution in [3.63, 3.8) is 0 Å². The van der Waals surface area contributed by atoms with Gasteiger partial charge in [0.2, 0.25) is 5.13 Å². The molecule has 0 spiro atoms. The van der Waals surface area contributed by atoms with Crippen LogP contribution in [0.5, 0.6) is 5.75 Å². The van der Waals surface area contributed by atoms with Crippen LogP contribution in [-0.2, 0) is 14.8 Å². The highest BCUT2D eigenvalue weighted by atomic mass is 32.2. The highest BCUT2D eigenvalue weighted by Crippen LogP contribution is 2.38. The molecule has 0 aliphatic carbocycles. The smallest absolute Gasteiger partial charge is 0.269 e. The molecule has 0 bridgehead atoms. The Balaban J connectivity index is 1.63. The predicted octanol–water partition coefficient (Wildman–Crippen LogP) is 4.25. The zero-order valence-electron chi connectivity index (χ0n) is 18.6. The zero-order chi connectivity index (χ0) is 23.8. The van der Waals surface area contributed by atoms with E-state index >= 15 is 0 Å². The number of thioether (sulfide) groups is 1. The fourth-order valence-corrected chi connectivity index (χ4v) is 6.71. The molecule has 0 radical (unpaired) electrons. The lowest BCUT2D eigenvalue weighted by molar-refractivity contribution is -0.122. The van der Waals surface area contributed by atoms with Crippen LogP contribution < -0.4 is 14.4 Å². The van der Waals surface area contributed by atoms with E-state index in [-0.39, 0.29) is 11.4 Å². The number of amides is 1. The van der Waals surface area contributed by atoms with Crippen molar-refractivity contribution in [3.05, 3.63) is 53.6 Å². The number of aromatic nitrogens is 2. The summed E-state index contributed by atoms with van der Waals surface area (Å²) in [6.07, 6.45) is -1.05. The van der Waals surface area contributed by atoms with E-state index in [0.717, 1.165) is 15.5 Å². The molecule has 1 aliphatic heterocycles. The molecular weight excluding hydrogens is 480 g/mol. The maximum atomic E-state index is 13.5. The average molecular weight is 505 g/mol. The number of nitrogens with one attached hydrogen (secondary N) is 1. The van der Waals surface area contributed by atoms with Crippen LogP contribution in [0, 0.1) is 13.8 Å². The third-order valence-electron chi connectivity index (χ3n) is 4.86.